The van der Waals surface area contributed by atoms with Gasteiger partial charge in [0.25, 0.3) is 0 Å². The first-order valence-corrected chi connectivity index (χ1v) is 9.02. The summed E-state index contributed by atoms with van der Waals surface area (Å²) in [5.41, 5.74) is 1.01. The van der Waals surface area contributed by atoms with E-state index in [0.29, 0.717) is 34.1 Å². The molecule has 3 aromatic rings. The van der Waals surface area contributed by atoms with Gasteiger partial charge in [0.15, 0.2) is 11.5 Å². The number of pyridine rings is 1. The summed E-state index contributed by atoms with van der Waals surface area (Å²) >= 11 is 3.37. The molecule has 1 heterocycles. The first-order chi connectivity index (χ1) is 13.1. The molecule has 0 N–H and O–H groups in total. The lowest BCUT2D eigenvalue weighted by atomic mass is 10.1. The van der Waals surface area contributed by atoms with Crippen LogP contribution in [0, 0.1) is 0 Å². The molecule has 2 aromatic carbocycles. The highest BCUT2D eigenvalue weighted by Crippen LogP contribution is 2.38. The van der Waals surface area contributed by atoms with Gasteiger partial charge in [-0.05, 0) is 37.3 Å². The van der Waals surface area contributed by atoms with Gasteiger partial charge in [0.05, 0.1) is 26.3 Å². The van der Waals surface area contributed by atoms with Crippen molar-refractivity contribution in [2.75, 3.05) is 20.8 Å². The van der Waals surface area contributed by atoms with E-state index in [4.69, 9.17) is 18.9 Å². The molecule has 3 rings (SSSR count). The summed E-state index contributed by atoms with van der Waals surface area (Å²) in [5.74, 6) is 1.61. The molecular formula is C20H18BrNO5. The number of ether oxygens (including phenoxy) is 4. The highest BCUT2D eigenvalue weighted by atomic mass is 79.9. The maximum absolute atomic E-state index is 12.3. The SMILES string of the molecule is CCOC(=O)c1cc(Br)ccc1Oc1ccnc2cc(OC)c(OC)cc12. The van der Waals surface area contributed by atoms with Gasteiger partial charge in [-0.2, -0.15) is 0 Å². The van der Waals surface area contributed by atoms with E-state index in [-0.39, 0.29) is 6.61 Å². The Bertz CT molecular complexity index is 990. The largest absolute Gasteiger partial charge is 0.493 e. The van der Waals surface area contributed by atoms with Crippen LogP contribution in [0.3, 0.4) is 0 Å². The number of methoxy groups -OCH3 is 2. The summed E-state index contributed by atoms with van der Waals surface area (Å²) < 4.78 is 22.6. The monoisotopic (exact) mass is 431 g/mol. The molecule has 0 fully saturated rings. The van der Waals surface area contributed by atoms with Crippen LogP contribution in [0.25, 0.3) is 10.9 Å². The lowest BCUT2D eigenvalue weighted by Gasteiger charge is -2.14. The molecule has 1 aromatic heterocycles. The molecule has 0 amide bonds. The van der Waals surface area contributed by atoms with Crippen molar-refractivity contribution < 1.29 is 23.7 Å². The first kappa shape index (κ1) is 19.0. The quantitative estimate of drug-likeness (QED) is 0.512. The second kappa shape index (κ2) is 8.26. The molecule has 0 radical (unpaired) electrons. The second-order valence-electron chi connectivity index (χ2n) is 5.50. The number of aromatic nitrogens is 1. The van der Waals surface area contributed by atoms with Crippen LogP contribution in [0.1, 0.15) is 17.3 Å². The van der Waals surface area contributed by atoms with Crippen LogP contribution in [0.15, 0.2) is 47.1 Å². The molecule has 140 valence electrons. The van der Waals surface area contributed by atoms with Crippen LogP contribution in [0.4, 0.5) is 0 Å². The molecule has 0 spiro atoms. The Morgan fingerprint density at radius 3 is 2.44 bits per heavy atom. The third kappa shape index (κ3) is 3.98. The van der Waals surface area contributed by atoms with E-state index < -0.39 is 5.97 Å². The highest BCUT2D eigenvalue weighted by Gasteiger charge is 2.17. The highest BCUT2D eigenvalue weighted by molar-refractivity contribution is 9.10. The van der Waals surface area contributed by atoms with Gasteiger partial charge < -0.3 is 18.9 Å². The van der Waals surface area contributed by atoms with Crippen molar-refractivity contribution in [3.8, 4) is 23.0 Å². The van der Waals surface area contributed by atoms with Crippen molar-refractivity contribution in [1.29, 1.82) is 0 Å². The summed E-state index contributed by atoms with van der Waals surface area (Å²) in [5, 5.41) is 0.730. The number of fused-ring (bicyclic) bond motifs is 1. The fourth-order valence-electron chi connectivity index (χ4n) is 2.61. The molecule has 0 aliphatic rings. The smallest absolute Gasteiger partial charge is 0.341 e. The Hall–Kier alpha value is -2.80. The molecule has 0 aliphatic heterocycles. The number of halogens is 1. The Balaban J connectivity index is 2.08. The third-order valence-electron chi connectivity index (χ3n) is 3.86. The predicted molar refractivity (Wildman–Crippen MR) is 105 cm³/mol. The average Bonchev–Trinajstić information content (AvgIpc) is 2.68. The number of hydrogen-bond acceptors (Lipinski definition) is 6. The van der Waals surface area contributed by atoms with Crippen LogP contribution in [-0.2, 0) is 4.74 Å². The lowest BCUT2D eigenvalue weighted by Crippen LogP contribution is -2.06. The number of benzene rings is 2. The molecule has 0 bridgehead atoms. The number of rotatable bonds is 6. The zero-order valence-electron chi connectivity index (χ0n) is 15.1. The van der Waals surface area contributed by atoms with Gasteiger partial charge in [-0.3, -0.25) is 4.98 Å². The third-order valence-corrected chi connectivity index (χ3v) is 4.36. The zero-order chi connectivity index (χ0) is 19.4. The van der Waals surface area contributed by atoms with Crippen molar-refractivity contribution in [1.82, 2.24) is 4.98 Å². The molecule has 0 aliphatic carbocycles. The Morgan fingerprint density at radius 2 is 1.74 bits per heavy atom. The average molecular weight is 432 g/mol. The standard InChI is InChI=1S/C20H18BrNO5/c1-4-26-20(23)14-9-12(21)5-6-16(14)27-17-7-8-22-15-11-19(25-3)18(24-2)10-13(15)17/h5-11H,4H2,1-3H3. The summed E-state index contributed by atoms with van der Waals surface area (Å²) in [7, 11) is 3.13. The van der Waals surface area contributed by atoms with Crippen LogP contribution in [0.2, 0.25) is 0 Å². The van der Waals surface area contributed by atoms with Crippen molar-refractivity contribution in [2.45, 2.75) is 6.92 Å². The lowest BCUT2D eigenvalue weighted by molar-refractivity contribution is 0.0523. The van der Waals surface area contributed by atoms with Crippen molar-refractivity contribution in [2.24, 2.45) is 0 Å². The molecule has 0 saturated carbocycles. The molecule has 0 unspecified atom stereocenters. The second-order valence-corrected chi connectivity index (χ2v) is 6.41. The van der Waals surface area contributed by atoms with Crippen LogP contribution in [-0.4, -0.2) is 31.8 Å². The minimum atomic E-state index is -0.452. The Labute approximate surface area is 165 Å². The van der Waals surface area contributed by atoms with E-state index in [1.54, 1.807) is 63.7 Å². The van der Waals surface area contributed by atoms with E-state index in [2.05, 4.69) is 20.9 Å². The number of carbonyl (C=O) groups is 1. The van der Waals surface area contributed by atoms with Gasteiger partial charge in [0, 0.05) is 22.1 Å². The first-order valence-electron chi connectivity index (χ1n) is 8.22. The van der Waals surface area contributed by atoms with E-state index in [1.807, 2.05) is 0 Å². The summed E-state index contributed by atoms with van der Waals surface area (Å²) in [4.78, 5) is 16.6. The Kier molecular flexibility index (Phi) is 5.81. The van der Waals surface area contributed by atoms with Gasteiger partial charge in [0.1, 0.15) is 17.1 Å². The van der Waals surface area contributed by atoms with Crippen LogP contribution >= 0.6 is 15.9 Å². The number of esters is 1. The number of hydrogen-bond donors (Lipinski definition) is 0. The van der Waals surface area contributed by atoms with Gasteiger partial charge in [-0.25, -0.2) is 4.79 Å². The van der Waals surface area contributed by atoms with Crippen molar-refractivity contribution in [3.63, 3.8) is 0 Å². The van der Waals surface area contributed by atoms with Crippen molar-refractivity contribution >= 4 is 32.8 Å². The van der Waals surface area contributed by atoms with Crippen LogP contribution in [0.5, 0.6) is 23.0 Å². The molecule has 27 heavy (non-hydrogen) atoms. The topological polar surface area (TPSA) is 66.9 Å². The molecule has 0 atom stereocenters. The number of carbonyl (C=O) groups excluding carboxylic acids is 1. The molecular weight excluding hydrogens is 414 g/mol. The maximum Gasteiger partial charge on any atom is 0.341 e. The predicted octanol–water partition coefficient (Wildman–Crippen LogP) is 4.98. The summed E-state index contributed by atoms with van der Waals surface area (Å²) in [6.07, 6.45) is 1.63. The van der Waals surface area contributed by atoms with Crippen LogP contribution < -0.4 is 14.2 Å². The molecule has 6 nitrogen and oxygen atoms in total. The normalized spacial score (nSPS) is 10.5. The van der Waals surface area contributed by atoms with Gasteiger partial charge in [-0.15, -0.1) is 0 Å². The summed E-state index contributed by atoms with van der Waals surface area (Å²) in [6.45, 7) is 2.03. The number of nitrogens with zero attached hydrogens (tertiary/aromatic N) is 1. The van der Waals surface area contributed by atoms with E-state index in [0.717, 1.165) is 9.86 Å². The minimum absolute atomic E-state index is 0.278. The van der Waals surface area contributed by atoms with Gasteiger partial charge in [-0.1, -0.05) is 15.9 Å². The van der Waals surface area contributed by atoms with E-state index in [9.17, 15) is 4.79 Å². The maximum atomic E-state index is 12.3. The van der Waals surface area contributed by atoms with Gasteiger partial charge in [0.2, 0.25) is 0 Å². The van der Waals surface area contributed by atoms with E-state index >= 15 is 0 Å². The fraction of sp³-hybridized carbons (Fsp3) is 0.200. The van der Waals surface area contributed by atoms with E-state index in [1.165, 1.54) is 0 Å². The van der Waals surface area contributed by atoms with Crippen molar-refractivity contribution in [3.05, 3.63) is 52.6 Å². The molecule has 0 saturated heterocycles. The zero-order valence-corrected chi connectivity index (χ0v) is 16.7. The summed E-state index contributed by atoms with van der Waals surface area (Å²) in [6, 6.07) is 10.5. The fourth-order valence-corrected chi connectivity index (χ4v) is 2.98. The van der Waals surface area contributed by atoms with Gasteiger partial charge >= 0.3 is 5.97 Å². The Morgan fingerprint density at radius 1 is 1.00 bits per heavy atom. The minimum Gasteiger partial charge on any atom is -0.493 e. The molecule has 7 heteroatoms.